The van der Waals surface area contributed by atoms with E-state index < -0.39 is 54.3 Å². The number of amides is 3. The highest BCUT2D eigenvalue weighted by atomic mass is 16.4. The van der Waals surface area contributed by atoms with E-state index in [1.165, 1.54) is 6.92 Å². The highest BCUT2D eigenvalue weighted by Gasteiger charge is 2.30. The molecule has 4 atom stereocenters. The molecule has 8 N–H and O–H groups in total. The minimum Gasteiger partial charge on any atom is -0.480 e. The molecule has 0 radical (unpaired) electrons. The molecule has 0 saturated heterocycles. The molecule has 0 fully saturated rings. The minimum absolute atomic E-state index is 0.0495. The summed E-state index contributed by atoms with van der Waals surface area (Å²) in [5.74, 6) is -3.80. The van der Waals surface area contributed by atoms with Crippen LogP contribution in [0.1, 0.15) is 18.9 Å². The zero-order valence-corrected chi connectivity index (χ0v) is 14.8. The van der Waals surface area contributed by atoms with Crippen LogP contribution in [-0.2, 0) is 25.6 Å². The number of carbonyl (C=O) groups is 4. The van der Waals surface area contributed by atoms with E-state index in [0.29, 0.717) is 5.56 Å². The first kappa shape index (κ1) is 22.1. The zero-order chi connectivity index (χ0) is 20.6. The van der Waals surface area contributed by atoms with Gasteiger partial charge in [-0.15, -0.1) is 0 Å². The minimum atomic E-state index is -1.55. The van der Waals surface area contributed by atoms with Crippen molar-refractivity contribution in [2.24, 2.45) is 11.5 Å². The van der Waals surface area contributed by atoms with Gasteiger partial charge in [0.15, 0.2) is 6.04 Å². The number of carboxylic acid groups (broad SMARTS) is 1. The summed E-state index contributed by atoms with van der Waals surface area (Å²) in [5, 5.41) is 23.2. The van der Waals surface area contributed by atoms with Crippen molar-refractivity contribution in [3.63, 3.8) is 0 Å². The third-order valence-corrected chi connectivity index (χ3v) is 3.72. The summed E-state index contributed by atoms with van der Waals surface area (Å²) in [7, 11) is 0. The second-order valence-electron chi connectivity index (χ2n) is 6.09. The van der Waals surface area contributed by atoms with E-state index in [9.17, 15) is 24.3 Å². The van der Waals surface area contributed by atoms with Crippen molar-refractivity contribution in [3.05, 3.63) is 35.9 Å². The standard InChI is InChI=1S/C17H24N4O6/c1-9(22)14(17(26)27)21-16(25)12(7-10-5-3-2-4-6-10)20-15(24)11(18)8-13(19)23/h2-6,9,11-12,14,22H,7-8,18H2,1H3,(H2,19,23)(H,20,24)(H,21,25)(H,26,27). The molecule has 0 aliphatic rings. The van der Waals surface area contributed by atoms with Gasteiger partial charge < -0.3 is 32.3 Å². The average molecular weight is 380 g/mol. The molecule has 0 heterocycles. The van der Waals surface area contributed by atoms with Crippen LogP contribution in [0.5, 0.6) is 0 Å². The van der Waals surface area contributed by atoms with Gasteiger partial charge >= 0.3 is 5.97 Å². The summed E-state index contributed by atoms with van der Waals surface area (Å²) in [6.45, 7) is 1.21. The molecule has 0 saturated carbocycles. The fraction of sp³-hybridized carbons (Fsp3) is 0.412. The van der Waals surface area contributed by atoms with Gasteiger partial charge in [-0.25, -0.2) is 4.79 Å². The maximum Gasteiger partial charge on any atom is 0.328 e. The number of hydrogen-bond donors (Lipinski definition) is 6. The van der Waals surface area contributed by atoms with E-state index in [-0.39, 0.29) is 6.42 Å². The summed E-state index contributed by atoms with van der Waals surface area (Å²) in [6, 6.07) is 4.72. The Labute approximate surface area is 155 Å². The van der Waals surface area contributed by atoms with Crippen LogP contribution in [0, 0.1) is 0 Å². The molecule has 0 aliphatic heterocycles. The molecule has 27 heavy (non-hydrogen) atoms. The van der Waals surface area contributed by atoms with E-state index in [0.717, 1.165) is 0 Å². The smallest absolute Gasteiger partial charge is 0.328 e. The van der Waals surface area contributed by atoms with E-state index in [2.05, 4.69) is 10.6 Å². The summed E-state index contributed by atoms with van der Waals surface area (Å²) < 4.78 is 0. The monoisotopic (exact) mass is 380 g/mol. The summed E-state index contributed by atoms with van der Waals surface area (Å²) in [6.07, 6.45) is -1.71. The van der Waals surface area contributed by atoms with Gasteiger partial charge in [0.25, 0.3) is 0 Å². The molecule has 1 aromatic rings. The number of carbonyl (C=O) groups excluding carboxylic acids is 3. The maximum atomic E-state index is 12.5. The van der Waals surface area contributed by atoms with Crippen molar-refractivity contribution < 1.29 is 29.4 Å². The van der Waals surface area contributed by atoms with E-state index in [4.69, 9.17) is 16.6 Å². The van der Waals surface area contributed by atoms with E-state index in [1.807, 2.05) is 0 Å². The SMILES string of the molecule is CC(O)C(NC(=O)C(Cc1ccccc1)NC(=O)C(N)CC(N)=O)C(=O)O. The molecule has 0 aliphatic carbocycles. The Morgan fingerprint density at radius 1 is 1.07 bits per heavy atom. The first-order valence-corrected chi connectivity index (χ1v) is 8.21. The fourth-order valence-corrected chi connectivity index (χ4v) is 2.29. The fourth-order valence-electron chi connectivity index (χ4n) is 2.29. The van der Waals surface area contributed by atoms with Gasteiger partial charge in [0, 0.05) is 6.42 Å². The van der Waals surface area contributed by atoms with Gasteiger partial charge in [-0.1, -0.05) is 30.3 Å². The number of nitrogens with one attached hydrogen (secondary N) is 2. The summed E-state index contributed by atoms with van der Waals surface area (Å²) >= 11 is 0. The highest BCUT2D eigenvalue weighted by Crippen LogP contribution is 2.05. The zero-order valence-electron chi connectivity index (χ0n) is 14.8. The van der Waals surface area contributed by atoms with Crippen molar-refractivity contribution in [2.75, 3.05) is 0 Å². The number of aliphatic carboxylic acids is 1. The molecule has 4 unspecified atom stereocenters. The molecule has 10 nitrogen and oxygen atoms in total. The van der Waals surface area contributed by atoms with Crippen LogP contribution in [0.2, 0.25) is 0 Å². The van der Waals surface area contributed by atoms with Gasteiger partial charge in [0.1, 0.15) is 6.04 Å². The van der Waals surface area contributed by atoms with Gasteiger partial charge in [-0.05, 0) is 12.5 Å². The topological polar surface area (TPSA) is 185 Å². The molecule has 0 aromatic heterocycles. The van der Waals surface area contributed by atoms with Crippen molar-refractivity contribution in [3.8, 4) is 0 Å². The number of nitrogens with two attached hydrogens (primary N) is 2. The number of benzene rings is 1. The van der Waals surface area contributed by atoms with Crippen molar-refractivity contribution >= 4 is 23.7 Å². The van der Waals surface area contributed by atoms with Crippen LogP contribution >= 0.6 is 0 Å². The maximum absolute atomic E-state index is 12.5. The lowest BCUT2D eigenvalue weighted by atomic mass is 10.0. The predicted octanol–water partition coefficient (Wildman–Crippen LogP) is -2.13. The van der Waals surface area contributed by atoms with Crippen LogP contribution in [-0.4, -0.2) is 58.1 Å². The van der Waals surface area contributed by atoms with Gasteiger partial charge in [0.2, 0.25) is 17.7 Å². The van der Waals surface area contributed by atoms with Gasteiger partial charge in [0.05, 0.1) is 18.6 Å². The van der Waals surface area contributed by atoms with Crippen molar-refractivity contribution in [2.45, 2.75) is 44.0 Å². The molecule has 1 aromatic carbocycles. The Kier molecular flexibility index (Phi) is 8.36. The van der Waals surface area contributed by atoms with Crippen LogP contribution in [0.25, 0.3) is 0 Å². The first-order chi connectivity index (χ1) is 12.6. The second-order valence-corrected chi connectivity index (χ2v) is 6.09. The van der Waals surface area contributed by atoms with Crippen LogP contribution in [0.4, 0.5) is 0 Å². The molecule has 3 amide bonds. The third-order valence-electron chi connectivity index (χ3n) is 3.72. The lowest BCUT2D eigenvalue weighted by Crippen LogP contribution is -2.57. The molecule has 148 valence electrons. The molecular formula is C17H24N4O6. The van der Waals surface area contributed by atoms with Crippen molar-refractivity contribution in [1.29, 1.82) is 0 Å². The Balaban J connectivity index is 2.95. The first-order valence-electron chi connectivity index (χ1n) is 8.21. The molecule has 1 rings (SSSR count). The Morgan fingerprint density at radius 2 is 1.67 bits per heavy atom. The highest BCUT2D eigenvalue weighted by molar-refractivity contribution is 5.93. The summed E-state index contributed by atoms with van der Waals surface area (Å²) in [4.78, 5) is 46.7. The van der Waals surface area contributed by atoms with E-state index in [1.54, 1.807) is 30.3 Å². The van der Waals surface area contributed by atoms with Gasteiger partial charge in [-0.2, -0.15) is 0 Å². The number of rotatable bonds is 10. The lowest BCUT2D eigenvalue weighted by Gasteiger charge is -2.24. The average Bonchev–Trinajstić information content (AvgIpc) is 2.58. The molecular weight excluding hydrogens is 356 g/mol. The normalized spacial score (nSPS) is 15.1. The molecule has 10 heteroatoms. The quantitative estimate of drug-likeness (QED) is 0.267. The molecule has 0 spiro atoms. The van der Waals surface area contributed by atoms with Crippen LogP contribution < -0.4 is 22.1 Å². The number of aliphatic hydroxyl groups excluding tert-OH is 1. The number of carboxylic acids is 1. The number of aliphatic hydroxyl groups is 1. The van der Waals surface area contributed by atoms with Crippen LogP contribution in [0.15, 0.2) is 30.3 Å². The van der Waals surface area contributed by atoms with E-state index >= 15 is 0 Å². The third kappa shape index (κ3) is 7.42. The second kappa shape index (κ2) is 10.2. The number of primary amides is 1. The predicted molar refractivity (Wildman–Crippen MR) is 95.1 cm³/mol. The lowest BCUT2D eigenvalue weighted by molar-refractivity contribution is -0.145. The number of hydrogen-bond acceptors (Lipinski definition) is 6. The van der Waals surface area contributed by atoms with Crippen molar-refractivity contribution in [1.82, 2.24) is 10.6 Å². The van der Waals surface area contributed by atoms with Crippen LogP contribution in [0.3, 0.4) is 0 Å². The summed E-state index contributed by atoms with van der Waals surface area (Å²) in [5.41, 5.74) is 11.3. The Bertz CT molecular complexity index is 679. The Hall–Kier alpha value is -2.98. The molecule has 0 bridgehead atoms. The largest absolute Gasteiger partial charge is 0.480 e. The van der Waals surface area contributed by atoms with Gasteiger partial charge in [-0.3, -0.25) is 14.4 Å². The Morgan fingerprint density at radius 3 is 2.15 bits per heavy atom.